The number of esters is 1. The molecule has 0 aliphatic carbocycles. The lowest BCUT2D eigenvalue weighted by Crippen LogP contribution is -2.18. The fraction of sp³-hybridized carbons (Fsp3) is 0.357. The molecular formula is C14H16O5. The molecule has 0 atom stereocenters. The van der Waals surface area contributed by atoms with Crippen LogP contribution in [0.25, 0.3) is 0 Å². The maximum Gasteiger partial charge on any atom is 0.313 e. The largest absolute Gasteiger partial charge is 0.486 e. The summed E-state index contributed by atoms with van der Waals surface area (Å²) >= 11 is 0. The van der Waals surface area contributed by atoms with E-state index in [9.17, 15) is 14.4 Å². The van der Waals surface area contributed by atoms with Gasteiger partial charge >= 0.3 is 5.97 Å². The number of carbonyl (C=O) groups is 3. The van der Waals surface area contributed by atoms with Gasteiger partial charge in [-0.2, -0.15) is 0 Å². The molecule has 0 aromatic heterocycles. The minimum absolute atomic E-state index is 0.182. The molecule has 0 fully saturated rings. The number of hydrogen-bond acceptors (Lipinski definition) is 5. The van der Waals surface area contributed by atoms with E-state index in [-0.39, 0.29) is 31.8 Å². The Labute approximate surface area is 111 Å². The van der Waals surface area contributed by atoms with Gasteiger partial charge in [-0.1, -0.05) is 18.2 Å². The average molecular weight is 264 g/mol. The molecule has 0 N–H and O–H groups in total. The third kappa shape index (κ3) is 6.35. The van der Waals surface area contributed by atoms with Crippen LogP contribution < -0.4 is 4.74 Å². The lowest BCUT2D eigenvalue weighted by Gasteiger charge is -2.04. The molecule has 5 nitrogen and oxygen atoms in total. The van der Waals surface area contributed by atoms with Crippen LogP contribution in [0.15, 0.2) is 30.3 Å². The topological polar surface area (TPSA) is 69.7 Å². The standard InChI is InChI=1S/C14H16O5/c1-2-18-14(17)9-11(15)8-12(16)10-19-13-6-4-3-5-7-13/h3-7H,2,8-10H2,1H3. The van der Waals surface area contributed by atoms with Gasteiger partial charge in [-0.25, -0.2) is 0 Å². The summed E-state index contributed by atoms with van der Waals surface area (Å²) < 4.78 is 9.82. The molecule has 0 saturated heterocycles. The Bertz CT molecular complexity index is 438. The van der Waals surface area contributed by atoms with E-state index in [0.717, 1.165) is 0 Å². The number of benzene rings is 1. The van der Waals surface area contributed by atoms with Crippen molar-refractivity contribution >= 4 is 17.5 Å². The number of ether oxygens (including phenoxy) is 2. The van der Waals surface area contributed by atoms with Crippen molar-refractivity contribution in [3.8, 4) is 5.75 Å². The molecule has 5 heteroatoms. The Hall–Kier alpha value is -2.17. The molecule has 102 valence electrons. The zero-order valence-electron chi connectivity index (χ0n) is 10.8. The second-order valence-corrected chi connectivity index (χ2v) is 3.84. The Balaban J connectivity index is 2.27. The van der Waals surface area contributed by atoms with E-state index >= 15 is 0 Å². The fourth-order valence-corrected chi connectivity index (χ4v) is 1.39. The van der Waals surface area contributed by atoms with Crippen LogP contribution in [0.5, 0.6) is 5.75 Å². The van der Waals surface area contributed by atoms with E-state index in [0.29, 0.717) is 5.75 Å². The van der Waals surface area contributed by atoms with Crippen molar-refractivity contribution in [3.63, 3.8) is 0 Å². The lowest BCUT2D eigenvalue weighted by atomic mass is 10.1. The third-order valence-electron chi connectivity index (χ3n) is 2.18. The molecule has 19 heavy (non-hydrogen) atoms. The van der Waals surface area contributed by atoms with E-state index in [4.69, 9.17) is 4.74 Å². The summed E-state index contributed by atoms with van der Waals surface area (Å²) in [4.78, 5) is 33.9. The zero-order valence-corrected chi connectivity index (χ0v) is 10.8. The molecule has 0 aliphatic heterocycles. The van der Waals surface area contributed by atoms with Gasteiger partial charge in [-0.3, -0.25) is 14.4 Å². The highest BCUT2D eigenvalue weighted by atomic mass is 16.5. The van der Waals surface area contributed by atoms with Crippen molar-refractivity contribution < 1.29 is 23.9 Å². The zero-order chi connectivity index (χ0) is 14.1. The molecule has 0 spiro atoms. The molecule has 1 rings (SSSR count). The van der Waals surface area contributed by atoms with Gasteiger partial charge in [-0.05, 0) is 19.1 Å². The van der Waals surface area contributed by atoms with Crippen LogP contribution in [0.2, 0.25) is 0 Å². The molecule has 0 bridgehead atoms. The van der Waals surface area contributed by atoms with E-state index in [2.05, 4.69) is 4.74 Å². The molecule has 0 amide bonds. The number of carbonyl (C=O) groups excluding carboxylic acids is 3. The van der Waals surface area contributed by atoms with Gasteiger partial charge in [0.2, 0.25) is 0 Å². The fourth-order valence-electron chi connectivity index (χ4n) is 1.39. The summed E-state index contributed by atoms with van der Waals surface area (Å²) in [5, 5.41) is 0. The van der Waals surface area contributed by atoms with Crippen LogP contribution in [-0.2, 0) is 19.1 Å². The highest BCUT2D eigenvalue weighted by Crippen LogP contribution is 2.08. The van der Waals surface area contributed by atoms with Crippen LogP contribution in [0.4, 0.5) is 0 Å². The summed E-state index contributed by atoms with van der Waals surface area (Å²) in [5.74, 6) is -0.865. The number of para-hydroxylation sites is 1. The molecule has 1 aromatic carbocycles. The molecule has 0 saturated carbocycles. The minimum Gasteiger partial charge on any atom is -0.486 e. The Morgan fingerprint density at radius 3 is 2.32 bits per heavy atom. The average Bonchev–Trinajstić information content (AvgIpc) is 2.37. The number of ketones is 2. The van der Waals surface area contributed by atoms with E-state index in [1.807, 2.05) is 6.07 Å². The van der Waals surface area contributed by atoms with Crippen molar-refractivity contribution in [2.24, 2.45) is 0 Å². The predicted molar refractivity (Wildman–Crippen MR) is 67.8 cm³/mol. The first kappa shape index (κ1) is 14.9. The summed E-state index contributed by atoms with van der Waals surface area (Å²) in [7, 11) is 0. The Morgan fingerprint density at radius 2 is 1.68 bits per heavy atom. The summed E-state index contributed by atoms with van der Waals surface area (Å²) in [6.07, 6.45) is -0.684. The summed E-state index contributed by atoms with van der Waals surface area (Å²) in [5.41, 5.74) is 0. The quantitative estimate of drug-likeness (QED) is 0.526. The van der Waals surface area contributed by atoms with E-state index < -0.39 is 11.8 Å². The number of rotatable bonds is 8. The maximum atomic E-state index is 11.5. The van der Waals surface area contributed by atoms with Crippen LogP contribution in [-0.4, -0.2) is 30.7 Å². The Morgan fingerprint density at radius 1 is 1.00 bits per heavy atom. The van der Waals surface area contributed by atoms with Crippen LogP contribution in [0.1, 0.15) is 19.8 Å². The summed E-state index contributed by atoms with van der Waals surface area (Å²) in [6, 6.07) is 8.83. The first-order valence-electron chi connectivity index (χ1n) is 5.98. The molecular weight excluding hydrogens is 248 g/mol. The lowest BCUT2D eigenvalue weighted by molar-refractivity contribution is -0.145. The smallest absolute Gasteiger partial charge is 0.313 e. The normalized spacial score (nSPS) is 9.74. The van der Waals surface area contributed by atoms with Gasteiger partial charge in [0.05, 0.1) is 13.0 Å². The van der Waals surface area contributed by atoms with Crippen molar-refractivity contribution in [1.29, 1.82) is 0 Å². The van der Waals surface area contributed by atoms with Crippen LogP contribution in [0.3, 0.4) is 0 Å². The maximum absolute atomic E-state index is 11.5. The highest BCUT2D eigenvalue weighted by molar-refractivity contribution is 6.05. The van der Waals surface area contributed by atoms with Gasteiger partial charge in [0.15, 0.2) is 11.6 Å². The van der Waals surface area contributed by atoms with Crippen molar-refractivity contribution in [2.75, 3.05) is 13.2 Å². The molecule has 0 heterocycles. The SMILES string of the molecule is CCOC(=O)CC(=O)CC(=O)COc1ccccc1. The number of Topliss-reactive ketones (excluding diaryl/α,β-unsaturated/α-hetero) is 2. The van der Waals surface area contributed by atoms with Gasteiger partial charge < -0.3 is 9.47 Å². The van der Waals surface area contributed by atoms with Gasteiger partial charge in [0.1, 0.15) is 18.8 Å². The highest BCUT2D eigenvalue weighted by Gasteiger charge is 2.14. The van der Waals surface area contributed by atoms with Gasteiger partial charge in [-0.15, -0.1) is 0 Å². The Kier molecular flexibility index (Phi) is 6.29. The number of hydrogen-bond donors (Lipinski definition) is 0. The monoisotopic (exact) mass is 264 g/mol. The van der Waals surface area contributed by atoms with Gasteiger partial charge in [0, 0.05) is 0 Å². The molecule has 1 aromatic rings. The van der Waals surface area contributed by atoms with Crippen molar-refractivity contribution in [3.05, 3.63) is 30.3 Å². The minimum atomic E-state index is -0.607. The third-order valence-corrected chi connectivity index (χ3v) is 2.18. The first-order chi connectivity index (χ1) is 9.11. The molecule has 0 aliphatic rings. The van der Waals surface area contributed by atoms with Crippen LogP contribution >= 0.6 is 0 Å². The van der Waals surface area contributed by atoms with Crippen LogP contribution in [0, 0.1) is 0 Å². The summed E-state index contributed by atoms with van der Waals surface area (Å²) in [6.45, 7) is 1.69. The molecule has 0 unspecified atom stereocenters. The predicted octanol–water partition coefficient (Wildman–Crippen LogP) is 1.55. The van der Waals surface area contributed by atoms with Gasteiger partial charge in [0.25, 0.3) is 0 Å². The van der Waals surface area contributed by atoms with Crippen molar-refractivity contribution in [2.45, 2.75) is 19.8 Å². The molecule has 0 radical (unpaired) electrons. The first-order valence-corrected chi connectivity index (χ1v) is 5.98. The van der Waals surface area contributed by atoms with E-state index in [1.165, 1.54) is 0 Å². The second kappa shape index (κ2) is 8.02. The second-order valence-electron chi connectivity index (χ2n) is 3.84. The van der Waals surface area contributed by atoms with E-state index in [1.54, 1.807) is 31.2 Å². The van der Waals surface area contributed by atoms with Crippen molar-refractivity contribution in [1.82, 2.24) is 0 Å².